The van der Waals surface area contributed by atoms with E-state index in [0.717, 1.165) is 12.2 Å². The largest absolute Gasteiger partial charge is 0.372 e. The molecule has 1 heterocycles. The predicted molar refractivity (Wildman–Crippen MR) is 56.6 cm³/mol. The maximum absolute atomic E-state index is 11.0. The molecule has 1 atom stereocenters. The summed E-state index contributed by atoms with van der Waals surface area (Å²) in [5, 5.41) is 0. The summed E-state index contributed by atoms with van der Waals surface area (Å²) in [5.74, 6) is 0.384. The quantitative estimate of drug-likeness (QED) is 0.623. The molecule has 2 heteroatoms. The molecule has 0 aliphatic carbocycles. The summed E-state index contributed by atoms with van der Waals surface area (Å²) in [7, 11) is 0. The van der Waals surface area contributed by atoms with E-state index in [1.807, 2.05) is 20.8 Å². The number of hydrogen-bond acceptors (Lipinski definition) is 2. The topological polar surface area (TPSA) is 20.3 Å². The molecule has 2 nitrogen and oxygen atoms in total. The zero-order valence-corrected chi connectivity index (χ0v) is 9.26. The number of nitrogens with zero attached hydrogens (tertiary/aromatic N) is 1. The fourth-order valence-corrected chi connectivity index (χ4v) is 1.57. The lowest BCUT2D eigenvalue weighted by atomic mass is 10.0. The molecule has 0 aromatic heterocycles. The first-order valence-electron chi connectivity index (χ1n) is 5.05. The van der Waals surface area contributed by atoms with Crippen LogP contribution < -0.4 is 0 Å². The van der Waals surface area contributed by atoms with Crippen LogP contribution in [0.3, 0.4) is 0 Å². The lowest BCUT2D eigenvalue weighted by molar-refractivity contribution is -0.122. The number of hydrogen-bond donors (Lipinski definition) is 0. The van der Waals surface area contributed by atoms with Gasteiger partial charge in [0.1, 0.15) is 5.78 Å². The first-order chi connectivity index (χ1) is 6.11. The van der Waals surface area contributed by atoms with E-state index in [1.165, 1.54) is 0 Å². The number of rotatable bonds is 1. The highest BCUT2D eigenvalue weighted by atomic mass is 16.1. The van der Waals surface area contributed by atoms with Crippen LogP contribution in [0.5, 0.6) is 0 Å². The summed E-state index contributed by atoms with van der Waals surface area (Å²) in [6.07, 6.45) is 1.38. The number of ketones is 1. The number of Topliss-reactive ketones (excluding diaryl/α,β-unsaturated/α-hetero) is 1. The fourth-order valence-electron chi connectivity index (χ4n) is 1.57. The van der Waals surface area contributed by atoms with E-state index in [4.69, 9.17) is 0 Å². The van der Waals surface area contributed by atoms with Gasteiger partial charge in [0.2, 0.25) is 0 Å². The van der Waals surface area contributed by atoms with Crippen molar-refractivity contribution in [3.8, 4) is 0 Å². The van der Waals surface area contributed by atoms with Gasteiger partial charge in [0.15, 0.2) is 0 Å². The van der Waals surface area contributed by atoms with E-state index in [2.05, 4.69) is 18.4 Å². The van der Waals surface area contributed by atoms with E-state index in [1.54, 1.807) is 0 Å². The van der Waals surface area contributed by atoms with Crippen LogP contribution >= 0.6 is 0 Å². The number of piperidine rings is 1. The predicted octanol–water partition coefficient (Wildman–Crippen LogP) is 2.60. The van der Waals surface area contributed by atoms with Crippen LogP contribution in [0, 0.1) is 0 Å². The van der Waals surface area contributed by atoms with E-state index in [0.29, 0.717) is 24.7 Å². The Hall–Kier alpha value is -0.790. The molecule has 0 saturated carbocycles. The average Bonchev–Trinajstić information content (AvgIpc) is 2.07. The second-order valence-corrected chi connectivity index (χ2v) is 3.27. The van der Waals surface area contributed by atoms with Crippen molar-refractivity contribution in [2.45, 2.75) is 46.6 Å². The Kier molecular flexibility index (Phi) is 5.44. The van der Waals surface area contributed by atoms with E-state index in [9.17, 15) is 4.79 Å². The maximum atomic E-state index is 11.0. The molecular weight excluding hydrogens is 162 g/mol. The van der Waals surface area contributed by atoms with Gasteiger partial charge in [0, 0.05) is 31.1 Å². The average molecular weight is 183 g/mol. The standard InChI is InChI=1S/C9H15NO.C2H6/c1-7(2)10-5-4-9(11)6-8(10)3;1-2/h8H,1,4-6H2,2-3H3;1-2H3. The van der Waals surface area contributed by atoms with Gasteiger partial charge in [-0.15, -0.1) is 0 Å². The second-order valence-electron chi connectivity index (χ2n) is 3.27. The number of carbonyl (C=O) groups is 1. The van der Waals surface area contributed by atoms with Crippen LogP contribution in [0.4, 0.5) is 0 Å². The summed E-state index contributed by atoms with van der Waals surface area (Å²) in [6.45, 7) is 12.8. The molecule has 1 aliphatic heterocycles. The van der Waals surface area contributed by atoms with Crippen LogP contribution in [0.15, 0.2) is 12.3 Å². The minimum absolute atomic E-state index is 0.355. The molecule has 0 amide bonds. The summed E-state index contributed by atoms with van der Waals surface area (Å²) in [6, 6.07) is 0.355. The number of allylic oxidation sites excluding steroid dienone is 1. The van der Waals surface area contributed by atoms with Crippen molar-refractivity contribution in [1.29, 1.82) is 0 Å². The molecule has 13 heavy (non-hydrogen) atoms. The monoisotopic (exact) mass is 183 g/mol. The SMILES string of the molecule is C=C(C)N1CCC(=O)CC1C.CC. The first kappa shape index (κ1) is 12.2. The molecule has 76 valence electrons. The second kappa shape index (κ2) is 5.79. The van der Waals surface area contributed by atoms with Gasteiger partial charge in [-0.3, -0.25) is 4.79 Å². The minimum Gasteiger partial charge on any atom is -0.372 e. The Morgan fingerprint density at radius 2 is 2.08 bits per heavy atom. The highest BCUT2D eigenvalue weighted by Crippen LogP contribution is 2.17. The van der Waals surface area contributed by atoms with Crippen molar-refractivity contribution in [3.63, 3.8) is 0 Å². The lowest BCUT2D eigenvalue weighted by Gasteiger charge is -2.34. The Balaban J connectivity index is 0.000000671. The zero-order valence-electron chi connectivity index (χ0n) is 9.26. The van der Waals surface area contributed by atoms with Crippen LogP contribution in [-0.4, -0.2) is 23.3 Å². The first-order valence-corrected chi connectivity index (χ1v) is 5.05. The minimum atomic E-state index is 0.355. The Morgan fingerprint density at radius 1 is 1.54 bits per heavy atom. The van der Waals surface area contributed by atoms with Gasteiger partial charge >= 0.3 is 0 Å². The molecule has 0 spiro atoms. The van der Waals surface area contributed by atoms with Gasteiger partial charge in [0.05, 0.1) is 0 Å². The molecule has 1 rings (SSSR count). The summed E-state index contributed by atoms with van der Waals surface area (Å²) in [4.78, 5) is 13.2. The van der Waals surface area contributed by atoms with E-state index < -0.39 is 0 Å². The number of carbonyl (C=O) groups excluding carboxylic acids is 1. The van der Waals surface area contributed by atoms with Crippen LogP contribution in [0.1, 0.15) is 40.5 Å². The molecule has 1 unspecified atom stereocenters. The third-order valence-electron chi connectivity index (χ3n) is 2.18. The van der Waals surface area contributed by atoms with Crippen molar-refractivity contribution in [2.75, 3.05) is 6.54 Å². The number of likely N-dealkylation sites (tertiary alicyclic amines) is 1. The molecule has 1 fully saturated rings. The van der Waals surface area contributed by atoms with E-state index >= 15 is 0 Å². The van der Waals surface area contributed by atoms with Gasteiger partial charge in [-0.1, -0.05) is 20.4 Å². The normalized spacial score (nSPS) is 22.0. The van der Waals surface area contributed by atoms with Gasteiger partial charge in [-0.2, -0.15) is 0 Å². The Labute approximate surface area is 81.6 Å². The van der Waals surface area contributed by atoms with Crippen molar-refractivity contribution in [2.24, 2.45) is 0 Å². The van der Waals surface area contributed by atoms with Gasteiger partial charge < -0.3 is 4.90 Å². The summed E-state index contributed by atoms with van der Waals surface area (Å²) in [5.41, 5.74) is 1.07. The van der Waals surface area contributed by atoms with Gasteiger partial charge in [-0.25, -0.2) is 0 Å². The third-order valence-corrected chi connectivity index (χ3v) is 2.18. The van der Waals surface area contributed by atoms with Crippen molar-refractivity contribution < 1.29 is 4.79 Å². The van der Waals surface area contributed by atoms with Gasteiger partial charge in [0.25, 0.3) is 0 Å². The van der Waals surface area contributed by atoms with Crippen LogP contribution in [0.2, 0.25) is 0 Å². The lowest BCUT2D eigenvalue weighted by Crippen LogP contribution is -2.39. The Morgan fingerprint density at radius 3 is 2.46 bits per heavy atom. The van der Waals surface area contributed by atoms with Gasteiger partial charge in [-0.05, 0) is 13.8 Å². The Bertz CT molecular complexity index is 187. The van der Waals surface area contributed by atoms with Crippen LogP contribution in [0.25, 0.3) is 0 Å². The highest BCUT2D eigenvalue weighted by molar-refractivity contribution is 5.80. The molecule has 0 bridgehead atoms. The molecule has 0 radical (unpaired) electrons. The summed E-state index contributed by atoms with van der Waals surface area (Å²) >= 11 is 0. The molecule has 0 aromatic rings. The molecule has 1 aliphatic rings. The maximum Gasteiger partial charge on any atom is 0.136 e. The van der Waals surface area contributed by atoms with Crippen LogP contribution in [-0.2, 0) is 4.79 Å². The van der Waals surface area contributed by atoms with Crippen molar-refractivity contribution >= 4 is 5.78 Å². The third kappa shape index (κ3) is 3.62. The van der Waals surface area contributed by atoms with Crippen molar-refractivity contribution in [1.82, 2.24) is 4.90 Å². The van der Waals surface area contributed by atoms with Crippen molar-refractivity contribution in [3.05, 3.63) is 12.3 Å². The summed E-state index contributed by atoms with van der Waals surface area (Å²) < 4.78 is 0. The molecule has 1 saturated heterocycles. The van der Waals surface area contributed by atoms with E-state index in [-0.39, 0.29) is 0 Å². The smallest absolute Gasteiger partial charge is 0.136 e. The molecule has 0 N–H and O–H groups in total. The highest BCUT2D eigenvalue weighted by Gasteiger charge is 2.22. The molecule has 0 aromatic carbocycles. The molecular formula is C11H21NO. The zero-order chi connectivity index (χ0) is 10.4. The fraction of sp³-hybridized carbons (Fsp3) is 0.727.